The van der Waals surface area contributed by atoms with Crippen molar-refractivity contribution in [1.29, 1.82) is 0 Å². The normalized spacial score (nSPS) is 10.4. The first-order valence-electron chi connectivity index (χ1n) is 6.39. The summed E-state index contributed by atoms with van der Waals surface area (Å²) in [5.74, 6) is -0.215. The van der Waals surface area contributed by atoms with Gasteiger partial charge in [0, 0.05) is 24.2 Å². The minimum absolute atomic E-state index is 0.215. The second-order valence-corrected chi connectivity index (χ2v) is 4.07. The van der Waals surface area contributed by atoms with Gasteiger partial charge in [-0.15, -0.1) is 0 Å². The fraction of sp³-hybridized carbons (Fsp3) is 0.125. The molecule has 0 aliphatic rings. The highest BCUT2D eigenvalue weighted by molar-refractivity contribution is 5.99. The maximum absolute atomic E-state index is 11.6. The van der Waals surface area contributed by atoms with Crippen LogP contribution in [-0.2, 0) is 9.53 Å². The molecule has 0 aliphatic carbocycles. The number of pyridine rings is 1. The van der Waals surface area contributed by atoms with E-state index < -0.39 is 0 Å². The van der Waals surface area contributed by atoms with Crippen molar-refractivity contribution in [2.24, 2.45) is 0 Å². The first kappa shape index (κ1) is 13.8. The Morgan fingerprint density at radius 3 is 2.70 bits per heavy atom. The number of amides is 1. The molecule has 0 radical (unpaired) electrons. The van der Waals surface area contributed by atoms with E-state index in [1.165, 1.54) is 12.3 Å². The molecule has 0 saturated carbocycles. The van der Waals surface area contributed by atoms with Crippen LogP contribution in [-0.4, -0.2) is 17.5 Å². The third kappa shape index (κ3) is 3.95. The van der Waals surface area contributed by atoms with Gasteiger partial charge in [-0.25, -0.2) is 0 Å². The number of hydrogen-bond donors (Lipinski definition) is 1. The first-order chi connectivity index (χ1) is 9.79. The summed E-state index contributed by atoms with van der Waals surface area (Å²) < 4.78 is 4.97. The monoisotopic (exact) mass is 268 g/mol. The second-order valence-electron chi connectivity index (χ2n) is 4.07. The van der Waals surface area contributed by atoms with E-state index in [0.29, 0.717) is 6.61 Å². The van der Waals surface area contributed by atoms with Crippen LogP contribution in [0.25, 0.3) is 11.1 Å². The van der Waals surface area contributed by atoms with Crippen LogP contribution in [0.3, 0.4) is 0 Å². The third-order valence-electron chi connectivity index (χ3n) is 2.63. The van der Waals surface area contributed by atoms with E-state index in [-0.39, 0.29) is 5.91 Å². The number of aromatic nitrogens is 1. The number of carbonyl (C=O) groups excluding carboxylic acids is 1. The Balaban J connectivity index is 2.00. The molecule has 1 amide bonds. The molecule has 2 rings (SSSR count). The van der Waals surface area contributed by atoms with Gasteiger partial charge in [0.25, 0.3) is 5.91 Å². The largest absolute Gasteiger partial charge is 0.501 e. The average molecular weight is 268 g/mol. The molecule has 0 atom stereocenters. The number of nitrogens with one attached hydrogen (secondary N) is 1. The summed E-state index contributed by atoms with van der Waals surface area (Å²) in [6.45, 7) is 2.41. The van der Waals surface area contributed by atoms with Crippen LogP contribution in [0, 0.1) is 0 Å². The Labute approximate surface area is 118 Å². The average Bonchev–Trinajstić information content (AvgIpc) is 2.49. The molecule has 0 aliphatic heterocycles. The summed E-state index contributed by atoms with van der Waals surface area (Å²) in [4.78, 5) is 15.6. The number of anilines is 1. The Kier molecular flexibility index (Phi) is 4.89. The number of nitrogens with zero attached hydrogens (tertiary/aromatic N) is 1. The third-order valence-corrected chi connectivity index (χ3v) is 2.63. The van der Waals surface area contributed by atoms with Crippen molar-refractivity contribution in [3.8, 4) is 11.1 Å². The summed E-state index contributed by atoms with van der Waals surface area (Å²) in [6.07, 6.45) is 6.29. The van der Waals surface area contributed by atoms with Crippen molar-refractivity contribution < 1.29 is 9.53 Å². The van der Waals surface area contributed by atoms with Gasteiger partial charge in [-0.3, -0.25) is 9.78 Å². The predicted octanol–water partition coefficient (Wildman–Crippen LogP) is 3.24. The van der Waals surface area contributed by atoms with E-state index in [2.05, 4.69) is 10.3 Å². The Morgan fingerprint density at radius 1 is 1.25 bits per heavy atom. The van der Waals surface area contributed by atoms with E-state index in [0.717, 1.165) is 16.8 Å². The summed E-state index contributed by atoms with van der Waals surface area (Å²) >= 11 is 0. The van der Waals surface area contributed by atoms with Gasteiger partial charge in [0.05, 0.1) is 12.9 Å². The fourth-order valence-electron chi connectivity index (χ4n) is 1.67. The maximum Gasteiger partial charge on any atom is 0.251 e. The van der Waals surface area contributed by atoms with Gasteiger partial charge in [0.2, 0.25) is 0 Å². The van der Waals surface area contributed by atoms with Crippen LogP contribution in [0.15, 0.2) is 61.1 Å². The molecule has 102 valence electrons. The first-order valence-corrected chi connectivity index (χ1v) is 6.39. The maximum atomic E-state index is 11.6. The molecule has 4 heteroatoms. The lowest BCUT2D eigenvalue weighted by molar-refractivity contribution is -0.112. The number of benzene rings is 1. The minimum Gasteiger partial charge on any atom is -0.501 e. The lowest BCUT2D eigenvalue weighted by Gasteiger charge is -2.04. The summed E-state index contributed by atoms with van der Waals surface area (Å²) in [5.41, 5.74) is 2.84. The number of ether oxygens (including phenoxy) is 1. The molecule has 1 heterocycles. The van der Waals surface area contributed by atoms with Crippen LogP contribution in [0.4, 0.5) is 5.69 Å². The Morgan fingerprint density at radius 2 is 2.05 bits per heavy atom. The van der Waals surface area contributed by atoms with Gasteiger partial charge >= 0.3 is 0 Å². The fourth-order valence-corrected chi connectivity index (χ4v) is 1.67. The lowest BCUT2D eigenvalue weighted by Crippen LogP contribution is -2.07. The highest BCUT2D eigenvalue weighted by atomic mass is 16.5. The van der Waals surface area contributed by atoms with Gasteiger partial charge in [0.1, 0.15) is 0 Å². The summed E-state index contributed by atoms with van der Waals surface area (Å²) in [6, 6.07) is 11.5. The van der Waals surface area contributed by atoms with Gasteiger partial charge in [-0.1, -0.05) is 18.2 Å². The molecule has 1 aromatic carbocycles. The van der Waals surface area contributed by atoms with E-state index >= 15 is 0 Å². The SMILES string of the molecule is CCO/C=C/C(=O)Nc1ccc(-c2cccnc2)cc1. The molecule has 1 aromatic heterocycles. The van der Waals surface area contributed by atoms with Crippen LogP contribution in [0.1, 0.15) is 6.92 Å². The van der Waals surface area contributed by atoms with Crippen molar-refractivity contribution in [2.75, 3.05) is 11.9 Å². The number of carbonyl (C=O) groups is 1. The van der Waals surface area contributed by atoms with Gasteiger partial charge in [-0.05, 0) is 36.2 Å². The van der Waals surface area contributed by atoms with E-state index in [9.17, 15) is 4.79 Å². The topological polar surface area (TPSA) is 51.2 Å². The minimum atomic E-state index is -0.215. The Hall–Kier alpha value is -2.62. The zero-order chi connectivity index (χ0) is 14.2. The predicted molar refractivity (Wildman–Crippen MR) is 79.1 cm³/mol. The number of rotatable bonds is 5. The van der Waals surface area contributed by atoms with Crippen LogP contribution < -0.4 is 5.32 Å². The van der Waals surface area contributed by atoms with Crippen LogP contribution >= 0.6 is 0 Å². The van der Waals surface area contributed by atoms with E-state index in [1.54, 1.807) is 12.4 Å². The molecular formula is C16H16N2O2. The standard InChI is InChI=1S/C16H16N2O2/c1-2-20-11-9-16(19)18-15-7-5-13(6-8-15)14-4-3-10-17-12-14/h3-12H,2H2,1H3,(H,18,19)/b11-9+. The van der Waals surface area contributed by atoms with Gasteiger partial charge in [-0.2, -0.15) is 0 Å². The number of hydrogen-bond acceptors (Lipinski definition) is 3. The smallest absolute Gasteiger partial charge is 0.251 e. The molecule has 2 aromatic rings. The van der Waals surface area contributed by atoms with E-state index in [1.807, 2.05) is 43.3 Å². The van der Waals surface area contributed by atoms with Gasteiger partial charge in [0.15, 0.2) is 0 Å². The van der Waals surface area contributed by atoms with Crippen molar-refractivity contribution >= 4 is 11.6 Å². The van der Waals surface area contributed by atoms with Crippen LogP contribution in [0.2, 0.25) is 0 Å². The molecule has 0 unspecified atom stereocenters. The quantitative estimate of drug-likeness (QED) is 0.669. The molecule has 0 bridgehead atoms. The van der Waals surface area contributed by atoms with Crippen LogP contribution in [0.5, 0.6) is 0 Å². The Bertz CT molecular complexity index is 577. The van der Waals surface area contributed by atoms with E-state index in [4.69, 9.17) is 4.74 Å². The molecule has 20 heavy (non-hydrogen) atoms. The molecule has 4 nitrogen and oxygen atoms in total. The van der Waals surface area contributed by atoms with Crippen molar-refractivity contribution in [3.63, 3.8) is 0 Å². The highest BCUT2D eigenvalue weighted by Gasteiger charge is 2.00. The zero-order valence-electron chi connectivity index (χ0n) is 11.2. The summed E-state index contributed by atoms with van der Waals surface area (Å²) in [5, 5.41) is 2.76. The molecule has 0 spiro atoms. The molecule has 1 N–H and O–H groups in total. The van der Waals surface area contributed by atoms with Crippen molar-refractivity contribution in [2.45, 2.75) is 6.92 Å². The highest BCUT2D eigenvalue weighted by Crippen LogP contribution is 2.20. The second kappa shape index (κ2) is 7.09. The molecular weight excluding hydrogens is 252 g/mol. The molecule has 0 saturated heterocycles. The zero-order valence-corrected chi connectivity index (χ0v) is 11.2. The molecule has 0 fully saturated rings. The van der Waals surface area contributed by atoms with Crippen molar-refractivity contribution in [3.05, 3.63) is 61.1 Å². The lowest BCUT2D eigenvalue weighted by atomic mass is 10.1. The van der Waals surface area contributed by atoms with Crippen molar-refractivity contribution in [1.82, 2.24) is 4.98 Å². The summed E-state index contributed by atoms with van der Waals surface area (Å²) in [7, 11) is 0. The van der Waals surface area contributed by atoms with Gasteiger partial charge < -0.3 is 10.1 Å².